The van der Waals surface area contributed by atoms with Crippen molar-refractivity contribution in [3.05, 3.63) is 24.3 Å². The molecule has 0 bridgehead atoms. The van der Waals surface area contributed by atoms with Crippen LogP contribution in [-0.4, -0.2) is 36.4 Å². The minimum Gasteiger partial charge on any atom is -0.497 e. The van der Waals surface area contributed by atoms with Crippen molar-refractivity contribution in [3.63, 3.8) is 0 Å². The Bertz CT molecular complexity index is 444. The van der Waals surface area contributed by atoms with Gasteiger partial charge in [0.15, 0.2) is 0 Å². The lowest BCUT2D eigenvalue weighted by atomic mass is 9.95. The minimum absolute atomic E-state index is 0.119. The van der Waals surface area contributed by atoms with E-state index in [-0.39, 0.29) is 6.04 Å². The number of aliphatic carboxylic acids is 1. The molecule has 1 aromatic rings. The molecule has 1 atom stereocenters. The summed E-state index contributed by atoms with van der Waals surface area (Å²) in [5, 5.41) is 12.4. The van der Waals surface area contributed by atoms with Crippen LogP contribution in [0.4, 0.5) is 0 Å². The zero-order valence-electron chi connectivity index (χ0n) is 13.2. The molecule has 0 aromatic heterocycles. The van der Waals surface area contributed by atoms with Crippen LogP contribution < -0.4 is 14.8 Å². The van der Waals surface area contributed by atoms with E-state index in [9.17, 15) is 9.90 Å². The summed E-state index contributed by atoms with van der Waals surface area (Å²) < 4.78 is 10.7. The summed E-state index contributed by atoms with van der Waals surface area (Å²) >= 11 is 0. The Hall–Kier alpha value is -1.75. The summed E-state index contributed by atoms with van der Waals surface area (Å²) in [4.78, 5) is 11.4. The fraction of sp³-hybridized carbons (Fsp3) is 0.562. The third-order valence-electron chi connectivity index (χ3n) is 3.23. The van der Waals surface area contributed by atoms with Gasteiger partial charge in [-0.3, -0.25) is 10.1 Å². The zero-order chi connectivity index (χ0) is 15.9. The van der Waals surface area contributed by atoms with Gasteiger partial charge in [-0.05, 0) is 57.9 Å². The quantitative estimate of drug-likeness (QED) is 0.686. The second-order valence-corrected chi connectivity index (χ2v) is 5.56. The molecule has 0 aliphatic rings. The van der Waals surface area contributed by atoms with Gasteiger partial charge in [-0.1, -0.05) is 0 Å². The Morgan fingerprint density at radius 1 is 1.29 bits per heavy atom. The maximum absolute atomic E-state index is 11.4. The number of ether oxygens (including phenoxy) is 2. The lowest BCUT2D eigenvalue weighted by molar-refractivity contribution is -0.144. The van der Waals surface area contributed by atoms with Crippen molar-refractivity contribution in [3.8, 4) is 11.5 Å². The first kappa shape index (κ1) is 17.3. The Morgan fingerprint density at radius 2 is 1.86 bits per heavy atom. The van der Waals surface area contributed by atoms with Crippen LogP contribution in [0.2, 0.25) is 0 Å². The number of benzene rings is 1. The van der Waals surface area contributed by atoms with Gasteiger partial charge in [0.05, 0.1) is 13.7 Å². The number of carbonyl (C=O) groups is 1. The van der Waals surface area contributed by atoms with E-state index in [4.69, 9.17) is 9.47 Å². The molecule has 0 saturated carbocycles. The van der Waals surface area contributed by atoms with E-state index in [1.165, 1.54) is 0 Å². The summed E-state index contributed by atoms with van der Waals surface area (Å²) in [5.74, 6) is 0.701. The Labute approximate surface area is 126 Å². The van der Waals surface area contributed by atoms with E-state index in [1.807, 2.05) is 38.1 Å². The van der Waals surface area contributed by atoms with Crippen LogP contribution in [-0.2, 0) is 4.79 Å². The van der Waals surface area contributed by atoms with E-state index in [0.29, 0.717) is 19.4 Å². The smallest absolute Gasteiger partial charge is 0.323 e. The average molecular weight is 295 g/mol. The molecular weight excluding hydrogens is 270 g/mol. The highest BCUT2D eigenvalue weighted by atomic mass is 16.5. The SMILES string of the molecule is COc1ccc(OCCCC(C)(NC(C)C)C(=O)O)cc1. The lowest BCUT2D eigenvalue weighted by Crippen LogP contribution is -2.52. The Balaban J connectivity index is 2.42. The van der Waals surface area contributed by atoms with E-state index in [1.54, 1.807) is 14.0 Å². The largest absolute Gasteiger partial charge is 0.497 e. The standard InChI is InChI=1S/C16H25NO4/c1-12(2)17-16(3,15(18)19)10-5-11-21-14-8-6-13(20-4)7-9-14/h6-9,12,17H,5,10-11H2,1-4H3,(H,18,19). The fourth-order valence-corrected chi connectivity index (χ4v) is 2.17. The molecule has 2 N–H and O–H groups in total. The molecule has 0 spiro atoms. The highest BCUT2D eigenvalue weighted by Gasteiger charge is 2.32. The van der Waals surface area contributed by atoms with Gasteiger partial charge in [0, 0.05) is 6.04 Å². The van der Waals surface area contributed by atoms with Crippen LogP contribution >= 0.6 is 0 Å². The first-order chi connectivity index (χ1) is 9.87. The van der Waals surface area contributed by atoms with Crippen LogP contribution in [0.15, 0.2) is 24.3 Å². The molecule has 5 heteroatoms. The topological polar surface area (TPSA) is 67.8 Å². The molecular formula is C16H25NO4. The minimum atomic E-state index is -0.919. The van der Waals surface area contributed by atoms with Crippen molar-refractivity contribution in [1.29, 1.82) is 0 Å². The number of carboxylic acid groups (broad SMARTS) is 1. The maximum atomic E-state index is 11.4. The van der Waals surface area contributed by atoms with Crippen LogP contribution in [0.3, 0.4) is 0 Å². The Morgan fingerprint density at radius 3 is 2.33 bits per heavy atom. The highest BCUT2D eigenvalue weighted by molar-refractivity contribution is 5.78. The maximum Gasteiger partial charge on any atom is 0.323 e. The van der Waals surface area contributed by atoms with Crippen LogP contribution in [0, 0.1) is 0 Å². The summed E-state index contributed by atoms with van der Waals surface area (Å²) in [5.41, 5.74) is -0.919. The first-order valence-electron chi connectivity index (χ1n) is 7.15. The van der Waals surface area contributed by atoms with Crippen molar-refractivity contribution in [1.82, 2.24) is 5.32 Å². The molecule has 0 saturated heterocycles. The normalized spacial score (nSPS) is 13.8. The third-order valence-corrected chi connectivity index (χ3v) is 3.23. The number of carboxylic acids is 1. The monoisotopic (exact) mass is 295 g/mol. The average Bonchev–Trinajstić information content (AvgIpc) is 2.43. The first-order valence-corrected chi connectivity index (χ1v) is 7.15. The fourth-order valence-electron chi connectivity index (χ4n) is 2.17. The van der Waals surface area contributed by atoms with Crippen LogP contribution in [0.5, 0.6) is 11.5 Å². The summed E-state index contributed by atoms with van der Waals surface area (Å²) in [7, 11) is 1.62. The zero-order valence-corrected chi connectivity index (χ0v) is 13.2. The van der Waals surface area contributed by atoms with Gasteiger partial charge in [-0.25, -0.2) is 0 Å². The van der Waals surface area contributed by atoms with E-state index in [0.717, 1.165) is 11.5 Å². The molecule has 0 heterocycles. The molecule has 0 aliphatic carbocycles. The van der Waals surface area contributed by atoms with Crippen molar-refractivity contribution >= 4 is 5.97 Å². The van der Waals surface area contributed by atoms with Gasteiger partial charge in [0.1, 0.15) is 17.0 Å². The van der Waals surface area contributed by atoms with Crippen molar-refractivity contribution in [2.45, 2.75) is 45.2 Å². The highest BCUT2D eigenvalue weighted by Crippen LogP contribution is 2.18. The second-order valence-electron chi connectivity index (χ2n) is 5.56. The van der Waals surface area contributed by atoms with Crippen LogP contribution in [0.25, 0.3) is 0 Å². The summed E-state index contributed by atoms with van der Waals surface area (Å²) in [6.45, 7) is 6.07. The Kier molecular flexibility index (Phi) is 6.49. The third kappa shape index (κ3) is 5.63. The summed E-state index contributed by atoms with van der Waals surface area (Å²) in [6, 6.07) is 7.45. The van der Waals surface area contributed by atoms with E-state index >= 15 is 0 Å². The molecule has 0 radical (unpaired) electrons. The van der Waals surface area contributed by atoms with E-state index in [2.05, 4.69) is 5.32 Å². The molecule has 118 valence electrons. The lowest BCUT2D eigenvalue weighted by Gasteiger charge is -2.28. The number of nitrogens with one attached hydrogen (secondary N) is 1. The second kappa shape index (κ2) is 7.88. The van der Waals surface area contributed by atoms with Gasteiger partial charge >= 0.3 is 5.97 Å². The molecule has 1 aromatic carbocycles. The van der Waals surface area contributed by atoms with Crippen molar-refractivity contribution in [2.24, 2.45) is 0 Å². The van der Waals surface area contributed by atoms with Crippen molar-refractivity contribution in [2.75, 3.05) is 13.7 Å². The molecule has 1 unspecified atom stereocenters. The molecule has 1 rings (SSSR count). The number of rotatable bonds is 9. The predicted octanol–water partition coefficient (Wildman–Crippen LogP) is 2.70. The predicted molar refractivity (Wildman–Crippen MR) is 82.0 cm³/mol. The number of hydrogen-bond acceptors (Lipinski definition) is 4. The van der Waals surface area contributed by atoms with Gasteiger partial charge < -0.3 is 14.6 Å². The van der Waals surface area contributed by atoms with Gasteiger partial charge in [-0.15, -0.1) is 0 Å². The van der Waals surface area contributed by atoms with Gasteiger partial charge in [-0.2, -0.15) is 0 Å². The number of hydrogen-bond donors (Lipinski definition) is 2. The summed E-state index contributed by atoms with van der Waals surface area (Å²) in [6.07, 6.45) is 1.17. The van der Waals surface area contributed by atoms with Gasteiger partial charge in [0.25, 0.3) is 0 Å². The van der Waals surface area contributed by atoms with Crippen LogP contribution in [0.1, 0.15) is 33.6 Å². The van der Waals surface area contributed by atoms with Gasteiger partial charge in [0.2, 0.25) is 0 Å². The molecule has 21 heavy (non-hydrogen) atoms. The molecule has 0 fully saturated rings. The molecule has 0 amide bonds. The molecule has 0 aliphatic heterocycles. The number of methoxy groups -OCH3 is 1. The van der Waals surface area contributed by atoms with Crippen molar-refractivity contribution < 1.29 is 19.4 Å². The van der Waals surface area contributed by atoms with E-state index < -0.39 is 11.5 Å². The molecule has 5 nitrogen and oxygen atoms in total.